The second kappa shape index (κ2) is 8.19. The topological polar surface area (TPSA) is 131 Å². The predicted octanol–water partition coefficient (Wildman–Crippen LogP) is -0.587. The van der Waals surface area contributed by atoms with Gasteiger partial charge in [0.15, 0.2) is 12.1 Å². The van der Waals surface area contributed by atoms with Crippen molar-refractivity contribution in [3.05, 3.63) is 11.8 Å². The lowest BCUT2D eigenvalue weighted by Crippen LogP contribution is -2.60. The van der Waals surface area contributed by atoms with E-state index in [2.05, 4.69) is 34.5 Å². The molecule has 6 N–H and O–H groups in total. The quantitative estimate of drug-likeness (QED) is 0.343. The molecular formula is C19H33N7O3. The molecule has 4 aliphatic rings. The lowest BCUT2D eigenvalue weighted by Gasteiger charge is -2.36. The van der Waals surface area contributed by atoms with Crippen LogP contribution in [0.1, 0.15) is 46.0 Å². The number of unbranched alkanes of at least 4 members (excludes halogenated alkanes) is 2. The van der Waals surface area contributed by atoms with Crippen LogP contribution in [0.5, 0.6) is 0 Å². The molecule has 2 bridgehead atoms. The molecule has 4 rings (SSSR count). The maximum Gasteiger partial charge on any atom is 0.240 e. The number of amidine groups is 2. The fourth-order valence-electron chi connectivity index (χ4n) is 4.29. The number of fused-ring (bicyclic) bond motifs is 3. The molecule has 1 saturated heterocycles. The van der Waals surface area contributed by atoms with E-state index in [9.17, 15) is 10.2 Å². The highest BCUT2D eigenvalue weighted by Gasteiger charge is 2.52. The minimum atomic E-state index is -1.11. The molecule has 0 aromatic rings. The smallest absolute Gasteiger partial charge is 0.240 e. The SMILES string of the molecule is CCCCN(CCCC)C1NC2=NC1(N)N=C1C2=CNN1[C@@H]1C[C@H](O)[C@@H](CO)O1. The molecule has 10 heteroatoms. The van der Waals surface area contributed by atoms with Crippen LogP contribution in [0.2, 0.25) is 0 Å². The first kappa shape index (κ1) is 20.5. The fraction of sp³-hybridized carbons (Fsp3) is 0.789. The summed E-state index contributed by atoms with van der Waals surface area (Å²) in [5, 5.41) is 24.7. The summed E-state index contributed by atoms with van der Waals surface area (Å²) in [7, 11) is 0. The van der Waals surface area contributed by atoms with E-state index in [4.69, 9.17) is 15.5 Å². The Morgan fingerprint density at radius 1 is 1.31 bits per heavy atom. The first-order valence-electron chi connectivity index (χ1n) is 10.7. The van der Waals surface area contributed by atoms with Crippen molar-refractivity contribution in [2.75, 3.05) is 19.7 Å². The van der Waals surface area contributed by atoms with Crippen LogP contribution in [-0.4, -0.2) is 81.9 Å². The van der Waals surface area contributed by atoms with Gasteiger partial charge < -0.3 is 25.7 Å². The van der Waals surface area contributed by atoms with Gasteiger partial charge in [-0.1, -0.05) is 26.7 Å². The summed E-state index contributed by atoms with van der Waals surface area (Å²) in [6.45, 7) is 6.03. The molecule has 162 valence electrons. The monoisotopic (exact) mass is 407 g/mol. The van der Waals surface area contributed by atoms with E-state index in [1.54, 1.807) is 5.01 Å². The molecule has 4 heterocycles. The molecule has 0 saturated carbocycles. The Hall–Kier alpha value is -1.72. The Balaban J connectivity index is 1.55. The average Bonchev–Trinajstić information content (AvgIpc) is 3.36. The standard InChI is InChI=1S/C19H33N7O3/c1-3-5-7-25(8-6-4-2)18-19(20)23-16(22-18)12-10-21-26(17(12)24-19)15-9-13(28)14(11-27)29-15/h10,13-15,18,21,27-28H,3-9,11,20H2,1-2H3,(H,22,23)/t13-,14+,15-,18?,19?/m0/s1. The number of ether oxygens (including phenoxy) is 1. The third kappa shape index (κ3) is 3.64. The van der Waals surface area contributed by atoms with Gasteiger partial charge in [-0.15, -0.1) is 0 Å². The van der Waals surface area contributed by atoms with Gasteiger partial charge in [-0.3, -0.25) is 10.6 Å². The van der Waals surface area contributed by atoms with E-state index in [0.717, 1.165) is 50.2 Å². The van der Waals surface area contributed by atoms with Crippen molar-refractivity contribution < 1.29 is 14.9 Å². The summed E-state index contributed by atoms with van der Waals surface area (Å²) >= 11 is 0. The third-order valence-corrected chi connectivity index (χ3v) is 5.96. The van der Waals surface area contributed by atoms with Crippen molar-refractivity contribution in [1.29, 1.82) is 0 Å². The van der Waals surface area contributed by atoms with Gasteiger partial charge >= 0.3 is 0 Å². The third-order valence-electron chi connectivity index (χ3n) is 5.96. The zero-order valence-electron chi connectivity index (χ0n) is 17.2. The number of hydrogen-bond acceptors (Lipinski definition) is 10. The molecule has 0 aliphatic carbocycles. The van der Waals surface area contributed by atoms with E-state index in [1.165, 1.54) is 0 Å². The van der Waals surface area contributed by atoms with Crippen LogP contribution in [0.3, 0.4) is 0 Å². The van der Waals surface area contributed by atoms with Crippen molar-refractivity contribution in [3.8, 4) is 0 Å². The Bertz CT molecular complexity index is 704. The number of hydrazine groups is 1. The summed E-state index contributed by atoms with van der Waals surface area (Å²) in [4.78, 5) is 11.9. The number of nitrogens with zero attached hydrogens (tertiary/aromatic N) is 4. The van der Waals surface area contributed by atoms with Gasteiger partial charge in [0.1, 0.15) is 18.1 Å². The highest BCUT2D eigenvalue weighted by molar-refractivity contribution is 6.25. The lowest BCUT2D eigenvalue weighted by atomic mass is 10.1. The highest BCUT2D eigenvalue weighted by atomic mass is 16.5. The molecule has 0 aromatic carbocycles. The maximum absolute atomic E-state index is 10.1. The normalized spacial score (nSPS) is 35.2. The number of nitrogens with one attached hydrogen (secondary N) is 2. The predicted molar refractivity (Wildman–Crippen MR) is 110 cm³/mol. The summed E-state index contributed by atoms with van der Waals surface area (Å²) in [5.74, 6) is 0.281. The van der Waals surface area contributed by atoms with E-state index < -0.39 is 24.2 Å². The molecule has 0 spiro atoms. The largest absolute Gasteiger partial charge is 0.394 e. The van der Waals surface area contributed by atoms with Crippen molar-refractivity contribution in [2.45, 2.75) is 76.3 Å². The van der Waals surface area contributed by atoms with Gasteiger partial charge in [0.2, 0.25) is 5.79 Å². The van der Waals surface area contributed by atoms with Crippen molar-refractivity contribution in [2.24, 2.45) is 15.7 Å². The Morgan fingerprint density at radius 3 is 2.66 bits per heavy atom. The number of hydrogen-bond donors (Lipinski definition) is 5. The van der Waals surface area contributed by atoms with E-state index in [0.29, 0.717) is 12.3 Å². The summed E-state index contributed by atoms with van der Waals surface area (Å²) in [6.07, 6.45) is 4.67. The molecule has 4 aliphatic heterocycles. The van der Waals surface area contributed by atoms with Crippen LogP contribution in [-0.2, 0) is 4.74 Å². The minimum Gasteiger partial charge on any atom is -0.394 e. The van der Waals surface area contributed by atoms with Gasteiger partial charge in [-0.05, 0) is 12.8 Å². The molecule has 1 fully saturated rings. The first-order valence-corrected chi connectivity index (χ1v) is 10.7. The lowest BCUT2D eigenvalue weighted by molar-refractivity contribution is -0.0648. The molecule has 0 radical (unpaired) electrons. The van der Waals surface area contributed by atoms with E-state index in [-0.39, 0.29) is 12.8 Å². The number of nitrogens with two attached hydrogens (primary N) is 1. The number of aliphatic imine (C=N–C) groups is 2. The highest BCUT2D eigenvalue weighted by Crippen LogP contribution is 2.33. The summed E-state index contributed by atoms with van der Waals surface area (Å²) in [6, 6.07) is 0. The van der Waals surface area contributed by atoms with Crippen LogP contribution in [0.25, 0.3) is 0 Å². The molecule has 5 atom stereocenters. The van der Waals surface area contributed by atoms with Gasteiger partial charge in [0, 0.05) is 25.7 Å². The Morgan fingerprint density at radius 2 is 2.03 bits per heavy atom. The van der Waals surface area contributed by atoms with E-state index >= 15 is 0 Å². The van der Waals surface area contributed by atoms with Crippen LogP contribution in [0.4, 0.5) is 0 Å². The van der Waals surface area contributed by atoms with Crippen LogP contribution < -0.4 is 16.5 Å². The van der Waals surface area contributed by atoms with Crippen LogP contribution in [0, 0.1) is 0 Å². The van der Waals surface area contributed by atoms with Gasteiger partial charge in [-0.25, -0.2) is 15.0 Å². The Kier molecular flexibility index (Phi) is 5.80. The second-order valence-corrected chi connectivity index (χ2v) is 8.14. The fourth-order valence-corrected chi connectivity index (χ4v) is 4.29. The average molecular weight is 408 g/mol. The van der Waals surface area contributed by atoms with Gasteiger partial charge in [0.05, 0.1) is 18.3 Å². The number of rotatable bonds is 9. The molecule has 0 amide bonds. The van der Waals surface area contributed by atoms with Crippen LogP contribution in [0.15, 0.2) is 21.8 Å². The molecule has 2 unspecified atom stereocenters. The summed E-state index contributed by atoms with van der Waals surface area (Å²) < 4.78 is 5.80. The molecule has 0 aromatic heterocycles. The first-order chi connectivity index (χ1) is 14.0. The molecular weight excluding hydrogens is 374 g/mol. The Labute approximate surface area is 171 Å². The van der Waals surface area contributed by atoms with Crippen LogP contribution >= 0.6 is 0 Å². The molecule has 29 heavy (non-hydrogen) atoms. The van der Waals surface area contributed by atoms with E-state index in [1.807, 2.05) is 6.20 Å². The number of aliphatic hydroxyl groups is 2. The maximum atomic E-state index is 10.1. The van der Waals surface area contributed by atoms with Crippen molar-refractivity contribution in [1.82, 2.24) is 20.7 Å². The zero-order chi connectivity index (χ0) is 20.6. The minimum absolute atomic E-state index is 0.197. The van der Waals surface area contributed by atoms with Gasteiger partial charge in [-0.2, -0.15) is 0 Å². The van der Waals surface area contributed by atoms with Crippen molar-refractivity contribution >= 4 is 11.7 Å². The zero-order valence-corrected chi connectivity index (χ0v) is 17.2. The van der Waals surface area contributed by atoms with Crippen molar-refractivity contribution in [3.63, 3.8) is 0 Å². The number of aliphatic hydroxyl groups excluding tert-OH is 2. The van der Waals surface area contributed by atoms with Gasteiger partial charge in [0.25, 0.3) is 0 Å². The molecule has 10 nitrogen and oxygen atoms in total. The second-order valence-electron chi connectivity index (χ2n) is 8.14. The summed E-state index contributed by atoms with van der Waals surface area (Å²) in [5.41, 5.74) is 10.7.